The molecule has 3 heteroatoms. The van der Waals surface area contributed by atoms with E-state index in [0.29, 0.717) is 0 Å². The zero-order valence-electron chi connectivity index (χ0n) is 7.16. The summed E-state index contributed by atoms with van der Waals surface area (Å²) in [6, 6.07) is 10.2. The Hall–Kier alpha value is 0.140. The van der Waals surface area contributed by atoms with Crippen LogP contribution in [-0.2, 0) is 0 Å². The first kappa shape index (κ1) is 11.2. The molecule has 0 fully saturated rings. The van der Waals surface area contributed by atoms with E-state index < -0.39 is 0 Å². The fraction of sp³-hybridized carbons (Fsp3) is 0.400. The molecule has 1 N–H and O–H groups in total. The molecule has 0 aliphatic rings. The minimum atomic E-state index is 0.213. The minimum absolute atomic E-state index is 0.213. The molecule has 0 aliphatic heterocycles. The van der Waals surface area contributed by atoms with Gasteiger partial charge in [0.05, 0.1) is 4.83 Å². The maximum atomic E-state index is 8.78. The SMILES string of the molecule is OCC[C@H](Br)[C@@H](Br)c1ccccc1. The summed E-state index contributed by atoms with van der Waals surface area (Å²) in [6.45, 7) is 0.213. The van der Waals surface area contributed by atoms with Crippen molar-refractivity contribution in [2.45, 2.75) is 16.1 Å². The van der Waals surface area contributed by atoms with E-state index in [4.69, 9.17) is 5.11 Å². The molecule has 13 heavy (non-hydrogen) atoms. The molecule has 72 valence electrons. The number of halogens is 2. The van der Waals surface area contributed by atoms with Crippen molar-refractivity contribution in [3.63, 3.8) is 0 Å². The summed E-state index contributed by atoms with van der Waals surface area (Å²) in [5, 5.41) is 8.78. The molecule has 0 saturated carbocycles. The van der Waals surface area contributed by atoms with E-state index in [1.54, 1.807) is 0 Å². The van der Waals surface area contributed by atoms with Gasteiger partial charge in [-0.15, -0.1) is 0 Å². The molecule has 0 heterocycles. The minimum Gasteiger partial charge on any atom is -0.396 e. The van der Waals surface area contributed by atoms with Crippen LogP contribution in [0.15, 0.2) is 30.3 Å². The number of aliphatic hydroxyl groups is 1. The fourth-order valence-corrected chi connectivity index (χ4v) is 2.19. The molecule has 2 atom stereocenters. The Morgan fingerprint density at radius 1 is 1.15 bits per heavy atom. The summed E-state index contributed by atoms with van der Waals surface area (Å²) >= 11 is 7.13. The van der Waals surface area contributed by atoms with Gasteiger partial charge in [0.15, 0.2) is 0 Å². The zero-order valence-corrected chi connectivity index (χ0v) is 10.3. The van der Waals surface area contributed by atoms with Crippen LogP contribution in [0.25, 0.3) is 0 Å². The van der Waals surface area contributed by atoms with Gasteiger partial charge in [0.1, 0.15) is 0 Å². The van der Waals surface area contributed by atoms with Crippen LogP contribution in [0.2, 0.25) is 0 Å². The Balaban J connectivity index is 2.62. The van der Waals surface area contributed by atoms with Crippen molar-refractivity contribution in [1.82, 2.24) is 0 Å². The van der Waals surface area contributed by atoms with Gasteiger partial charge in [-0.2, -0.15) is 0 Å². The topological polar surface area (TPSA) is 20.2 Å². The number of hydrogen-bond donors (Lipinski definition) is 1. The van der Waals surface area contributed by atoms with Crippen molar-refractivity contribution in [2.75, 3.05) is 6.61 Å². The third-order valence-corrected chi connectivity index (χ3v) is 4.70. The average Bonchev–Trinajstić information content (AvgIpc) is 2.18. The first-order chi connectivity index (χ1) is 6.25. The Morgan fingerprint density at radius 2 is 1.77 bits per heavy atom. The molecule has 1 nitrogen and oxygen atoms in total. The summed E-state index contributed by atoms with van der Waals surface area (Å²) < 4.78 is 0. The summed E-state index contributed by atoms with van der Waals surface area (Å²) in [5.41, 5.74) is 1.23. The van der Waals surface area contributed by atoms with E-state index in [1.165, 1.54) is 5.56 Å². The standard InChI is InChI=1S/C10H12Br2O/c11-9(6-7-13)10(12)8-4-2-1-3-5-8/h1-5,9-10,13H,6-7H2/t9-,10-/m0/s1. The maximum Gasteiger partial charge on any atom is 0.0521 e. The largest absolute Gasteiger partial charge is 0.396 e. The van der Waals surface area contributed by atoms with Crippen LogP contribution < -0.4 is 0 Å². The molecule has 1 aromatic rings. The monoisotopic (exact) mass is 306 g/mol. The van der Waals surface area contributed by atoms with Gasteiger partial charge in [-0.3, -0.25) is 0 Å². The Labute approximate surface area is 95.4 Å². The molecular weight excluding hydrogens is 296 g/mol. The van der Waals surface area contributed by atoms with Crippen LogP contribution in [0.5, 0.6) is 0 Å². The third-order valence-electron chi connectivity index (χ3n) is 1.84. The Bertz CT molecular complexity index is 238. The smallest absolute Gasteiger partial charge is 0.0521 e. The number of alkyl halides is 2. The van der Waals surface area contributed by atoms with Crippen molar-refractivity contribution in [3.05, 3.63) is 35.9 Å². The first-order valence-electron chi connectivity index (χ1n) is 4.19. The fourth-order valence-electron chi connectivity index (χ4n) is 1.12. The van der Waals surface area contributed by atoms with Crippen molar-refractivity contribution in [1.29, 1.82) is 0 Å². The quantitative estimate of drug-likeness (QED) is 0.847. The molecule has 0 spiro atoms. The molecule has 0 bridgehead atoms. The number of hydrogen-bond acceptors (Lipinski definition) is 1. The van der Waals surface area contributed by atoms with Crippen LogP contribution in [0, 0.1) is 0 Å². The maximum absolute atomic E-state index is 8.78. The van der Waals surface area contributed by atoms with Crippen LogP contribution in [0.3, 0.4) is 0 Å². The normalized spacial score (nSPS) is 15.3. The number of benzene rings is 1. The predicted octanol–water partition coefficient (Wildman–Crippen LogP) is 3.27. The van der Waals surface area contributed by atoms with Gasteiger partial charge in [-0.05, 0) is 12.0 Å². The van der Waals surface area contributed by atoms with E-state index in [0.717, 1.165) is 6.42 Å². The lowest BCUT2D eigenvalue weighted by Crippen LogP contribution is -2.08. The summed E-state index contributed by atoms with van der Waals surface area (Å²) in [6.07, 6.45) is 0.755. The molecular formula is C10H12Br2O. The molecule has 0 aliphatic carbocycles. The van der Waals surface area contributed by atoms with Gasteiger partial charge in [0.2, 0.25) is 0 Å². The number of aliphatic hydroxyl groups excluding tert-OH is 1. The van der Waals surface area contributed by atoms with E-state index >= 15 is 0 Å². The number of rotatable bonds is 4. The second kappa shape index (κ2) is 5.78. The lowest BCUT2D eigenvalue weighted by atomic mass is 10.1. The van der Waals surface area contributed by atoms with E-state index in [9.17, 15) is 0 Å². The van der Waals surface area contributed by atoms with Crippen molar-refractivity contribution in [3.8, 4) is 0 Å². The highest BCUT2D eigenvalue weighted by molar-refractivity contribution is 9.12. The highest BCUT2D eigenvalue weighted by atomic mass is 79.9. The van der Waals surface area contributed by atoms with Gasteiger partial charge in [0.25, 0.3) is 0 Å². The Kier molecular flexibility index (Phi) is 4.99. The van der Waals surface area contributed by atoms with Gasteiger partial charge in [-0.25, -0.2) is 0 Å². The highest BCUT2D eigenvalue weighted by Gasteiger charge is 2.16. The zero-order chi connectivity index (χ0) is 9.68. The molecule has 0 amide bonds. The second-order valence-electron chi connectivity index (χ2n) is 2.84. The summed E-state index contributed by atoms with van der Waals surface area (Å²) in [5.74, 6) is 0. The first-order valence-corrected chi connectivity index (χ1v) is 6.02. The van der Waals surface area contributed by atoms with Gasteiger partial charge in [-0.1, -0.05) is 62.2 Å². The molecule has 0 radical (unpaired) electrons. The van der Waals surface area contributed by atoms with Crippen molar-refractivity contribution in [2.24, 2.45) is 0 Å². The van der Waals surface area contributed by atoms with Gasteiger partial charge in [0, 0.05) is 11.4 Å². The summed E-state index contributed by atoms with van der Waals surface area (Å²) in [7, 11) is 0. The van der Waals surface area contributed by atoms with E-state index in [1.807, 2.05) is 18.2 Å². The molecule has 1 rings (SSSR count). The highest BCUT2D eigenvalue weighted by Crippen LogP contribution is 2.32. The van der Waals surface area contributed by atoms with Gasteiger partial charge < -0.3 is 5.11 Å². The summed E-state index contributed by atoms with van der Waals surface area (Å²) in [4.78, 5) is 0.542. The van der Waals surface area contributed by atoms with Crippen molar-refractivity contribution < 1.29 is 5.11 Å². The van der Waals surface area contributed by atoms with Crippen LogP contribution in [-0.4, -0.2) is 16.5 Å². The van der Waals surface area contributed by atoms with Gasteiger partial charge >= 0.3 is 0 Å². The van der Waals surface area contributed by atoms with E-state index in [2.05, 4.69) is 44.0 Å². The van der Waals surface area contributed by atoms with E-state index in [-0.39, 0.29) is 16.3 Å². The lowest BCUT2D eigenvalue weighted by molar-refractivity contribution is 0.287. The predicted molar refractivity (Wildman–Crippen MR) is 62.5 cm³/mol. The van der Waals surface area contributed by atoms with Crippen LogP contribution in [0.4, 0.5) is 0 Å². The Morgan fingerprint density at radius 3 is 2.31 bits per heavy atom. The third kappa shape index (κ3) is 3.41. The molecule has 1 aromatic carbocycles. The van der Waals surface area contributed by atoms with Crippen LogP contribution >= 0.6 is 31.9 Å². The second-order valence-corrected chi connectivity index (χ2v) is 5.00. The molecule has 0 aromatic heterocycles. The lowest BCUT2D eigenvalue weighted by Gasteiger charge is -2.15. The molecule has 0 unspecified atom stereocenters. The average molecular weight is 308 g/mol. The van der Waals surface area contributed by atoms with Crippen LogP contribution in [0.1, 0.15) is 16.8 Å². The molecule has 0 saturated heterocycles. The van der Waals surface area contributed by atoms with Crippen molar-refractivity contribution >= 4 is 31.9 Å².